The Morgan fingerprint density at radius 3 is 2.80 bits per heavy atom. The number of carbonyl (C=O) groups is 2. The third-order valence-corrected chi connectivity index (χ3v) is 4.86. The summed E-state index contributed by atoms with van der Waals surface area (Å²) in [5, 5.41) is 0. The van der Waals surface area contributed by atoms with Crippen LogP contribution in [0, 0.1) is 0 Å². The number of ether oxygens (including phenoxy) is 1. The lowest BCUT2D eigenvalue weighted by atomic mass is 10.0. The number of hydrogen-bond acceptors (Lipinski definition) is 4. The standard InChI is InChI=1S/C19H23N3O3/c1-22(12-11-17(20)21-19(22)24)18-10-9-16(25-18)8-7-15(23)13-14-5-3-2-4-6-14/h2-6,11-12,16,18H,7-10,13H2,1H3,(H-,20,21,24)/p+1. The van der Waals surface area contributed by atoms with Crippen molar-refractivity contribution in [2.45, 2.75) is 44.4 Å². The molecule has 1 saturated heterocycles. The molecule has 1 aromatic rings. The van der Waals surface area contributed by atoms with Gasteiger partial charge in [0.1, 0.15) is 17.8 Å². The maximum Gasteiger partial charge on any atom is 0.451 e. The molecule has 132 valence electrons. The number of quaternary nitrogens is 1. The van der Waals surface area contributed by atoms with E-state index in [4.69, 9.17) is 10.5 Å². The Kier molecular flexibility index (Phi) is 5.11. The molecule has 0 radical (unpaired) electrons. The van der Waals surface area contributed by atoms with Gasteiger partial charge in [0.25, 0.3) is 0 Å². The van der Waals surface area contributed by atoms with Crippen molar-refractivity contribution in [3.05, 3.63) is 48.2 Å². The summed E-state index contributed by atoms with van der Waals surface area (Å²) < 4.78 is 6.03. The lowest BCUT2D eigenvalue weighted by Crippen LogP contribution is -2.53. The van der Waals surface area contributed by atoms with E-state index in [0.29, 0.717) is 19.3 Å². The van der Waals surface area contributed by atoms with Crippen LogP contribution in [-0.2, 0) is 16.0 Å². The van der Waals surface area contributed by atoms with Crippen molar-refractivity contribution in [2.75, 3.05) is 7.05 Å². The molecule has 6 heteroatoms. The summed E-state index contributed by atoms with van der Waals surface area (Å²) in [5.74, 6) is 0.437. The van der Waals surface area contributed by atoms with E-state index in [1.807, 2.05) is 30.3 Å². The van der Waals surface area contributed by atoms with Gasteiger partial charge in [0, 0.05) is 25.3 Å². The first kappa shape index (κ1) is 17.5. The number of nitrogens with zero attached hydrogens (tertiary/aromatic N) is 2. The van der Waals surface area contributed by atoms with Gasteiger partial charge in [-0.15, -0.1) is 4.99 Å². The van der Waals surface area contributed by atoms with Crippen LogP contribution in [0.3, 0.4) is 0 Å². The van der Waals surface area contributed by atoms with Crippen LogP contribution in [0.15, 0.2) is 47.6 Å². The number of amidine groups is 1. The lowest BCUT2D eigenvalue weighted by Gasteiger charge is -2.32. The van der Waals surface area contributed by atoms with Crippen molar-refractivity contribution >= 4 is 17.6 Å². The van der Waals surface area contributed by atoms with Crippen molar-refractivity contribution in [3.63, 3.8) is 0 Å². The van der Waals surface area contributed by atoms with E-state index in [1.165, 1.54) is 0 Å². The summed E-state index contributed by atoms with van der Waals surface area (Å²) in [5.41, 5.74) is 6.61. The number of ketones is 1. The predicted molar refractivity (Wildman–Crippen MR) is 94.6 cm³/mol. The Balaban J connectivity index is 1.49. The zero-order valence-corrected chi connectivity index (χ0v) is 14.4. The van der Waals surface area contributed by atoms with Crippen LogP contribution >= 0.6 is 0 Å². The van der Waals surface area contributed by atoms with Gasteiger partial charge in [0.2, 0.25) is 6.23 Å². The second-order valence-corrected chi connectivity index (χ2v) is 6.81. The highest BCUT2D eigenvalue weighted by Crippen LogP contribution is 2.31. The molecule has 3 atom stereocenters. The molecule has 6 nitrogen and oxygen atoms in total. The molecule has 0 bridgehead atoms. The summed E-state index contributed by atoms with van der Waals surface area (Å²) in [7, 11) is 1.78. The minimum Gasteiger partial charge on any atom is -0.383 e. The summed E-state index contributed by atoms with van der Waals surface area (Å²) in [6.45, 7) is 0. The third kappa shape index (κ3) is 4.03. The zero-order chi connectivity index (χ0) is 17.9. The number of Topliss-reactive ketones (excluding diaryl/α,β-unsaturated/α-hetero) is 1. The quantitative estimate of drug-likeness (QED) is 0.806. The first-order chi connectivity index (χ1) is 12.0. The van der Waals surface area contributed by atoms with Crippen LogP contribution in [0.2, 0.25) is 0 Å². The summed E-state index contributed by atoms with van der Waals surface area (Å²) in [6.07, 6.45) is 6.35. The summed E-state index contributed by atoms with van der Waals surface area (Å²) in [4.78, 5) is 28.2. The predicted octanol–water partition coefficient (Wildman–Crippen LogP) is 2.53. The Labute approximate surface area is 147 Å². The molecule has 3 rings (SSSR count). The van der Waals surface area contributed by atoms with Crippen molar-refractivity contribution in [2.24, 2.45) is 10.7 Å². The number of aliphatic imine (C=N–C) groups is 1. The van der Waals surface area contributed by atoms with Crippen LogP contribution in [0.4, 0.5) is 4.79 Å². The van der Waals surface area contributed by atoms with E-state index in [0.717, 1.165) is 18.4 Å². The third-order valence-electron chi connectivity index (χ3n) is 4.86. The van der Waals surface area contributed by atoms with Crippen molar-refractivity contribution in [1.29, 1.82) is 0 Å². The first-order valence-electron chi connectivity index (χ1n) is 8.62. The highest BCUT2D eigenvalue weighted by Gasteiger charge is 2.45. The highest BCUT2D eigenvalue weighted by molar-refractivity contribution is 5.99. The van der Waals surface area contributed by atoms with Gasteiger partial charge in [-0.25, -0.2) is 4.79 Å². The summed E-state index contributed by atoms with van der Waals surface area (Å²) in [6, 6.07) is 9.44. The zero-order valence-electron chi connectivity index (χ0n) is 14.4. The molecular weight excluding hydrogens is 318 g/mol. The summed E-state index contributed by atoms with van der Waals surface area (Å²) >= 11 is 0. The maximum absolute atomic E-state index is 12.2. The number of amides is 2. The molecular formula is C19H24N3O3+. The van der Waals surface area contributed by atoms with E-state index in [2.05, 4.69) is 4.99 Å². The largest absolute Gasteiger partial charge is 0.451 e. The van der Waals surface area contributed by atoms with Gasteiger partial charge in [-0.3, -0.25) is 4.79 Å². The first-order valence-corrected chi connectivity index (χ1v) is 8.62. The Hall–Kier alpha value is -2.31. The molecule has 2 aliphatic heterocycles. The molecule has 2 aliphatic rings. The fourth-order valence-electron chi connectivity index (χ4n) is 3.30. The molecule has 0 saturated carbocycles. The number of benzene rings is 1. The van der Waals surface area contributed by atoms with Gasteiger partial charge >= 0.3 is 6.03 Å². The Morgan fingerprint density at radius 2 is 2.08 bits per heavy atom. The molecule has 0 aromatic heterocycles. The van der Waals surface area contributed by atoms with E-state index in [1.54, 1.807) is 19.3 Å². The molecule has 1 fully saturated rings. The Morgan fingerprint density at radius 1 is 1.32 bits per heavy atom. The second-order valence-electron chi connectivity index (χ2n) is 6.81. The van der Waals surface area contributed by atoms with Gasteiger partial charge in [-0.1, -0.05) is 30.3 Å². The van der Waals surface area contributed by atoms with Crippen molar-refractivity contribution in [3.8, 4) is 0 Å². The maximum atomic E-state index is 12.2. The lowest BCUT2D eigenvalue weighted by molar-refractivity contribution is -0.830. The number of nitrogens with two attached hydrogens (primary N) is 1. The number of urea groups is 1. The van der Waals surface area contributed by atoms with E-state index < -0.39 is 0 Å². The molecule has 2 heterocycles. The fourth-order valence-corrected chi connectivity index (χ4v) is 3.30. The average Bonchev–Trinajstić information content (AvgIpc) is 3.07. The number of rotatable bonds is 6. The van der Waals surface area contributed by atoms with Gasteiger partial charge < -0.3 is 10.5 Å². The molecule has 2 N–H and O–H groups in total. The van der Waals surface area contributed by atoms with E-state index in [9.17, 15) is 9.59 Å². The van der Waals surface area contributed by atoms with Crippen LogP contribution in [0.25, 0.3) is 0 Å². The van der Waals surface area contributed by atoms with Gasteiger partial charge in [0.15, 0.2) is 0 Å². The van der Waals surface area contributed by atoms with Gasteiger partial charge in [-0.2, -0.15) is 4.48 Å². The van der Waals surface area contributed by atoms with Gasteiger partial charge in [0.05, 0.1) is 13.2 Å². The van der Waals surface area contributed by atoms with E-state index in [-0.39, 0.29) is 34.5 Å². The SMILES string of the molecule is C[N+]1(C2CCC(CCC(=O)Cc3ccccc3)O2)C=CC(N)=NC1=O. The normalized spacial score (nSPS) is 28.8. The minimum absolute atomic E-state index is 0.00382. The monoisotopic (exact) mass is 342 g/mol. The van der Waals surface area contributed by atoms with Gasteiger partial charge in [-0.05, 0) is 18.4 Å². The van der Waals surface area contributed by atoms with Crippen LogP contribution in [0.1, 0.15) is 31.2 Å². The molecule has 0 aliphatic carbocycles. The number of carbonyl (C=O) groups excluding carboxylic acids is 2. The minimum atomic E-state index is -0.314. The number of hydrogen-bond donors (Lipinski definition) is 1. The van der Waals surface area contributed by atoms with Crippen molar-refractivity contribution in [1.82, 2.24) is 0 Å². The smallest absolute Gasteiger partial charge is 0.383 e. The topological polar surface area (TPSA) is 81.8 Å². The molecule has 0 spiro atoms. The van der Waals surface area contributed by atoms with E-state index >= 15 is 0 Å². The molecule has 2 amide bonds. The van der Waals surface area contributed by atoms with Crippen LogP contribution < -0.4 is 5.73 Å². The molecule has 3 unspecified atom stereocenters. The van der Waals surface area contributed by atoms with Crippen LogP contribution in [0.5, 0.6) is 0 Å². The molecule has 25 heavy (non-hydrogen) atoms. The second kappa shape index (κ2) is 7.29. The molecule has 1 aromatic carbocycles. The highest BCUT2D eigenvalue weighted by atomic mass is 16.5. The average molecular weight is 342 g/mol. The van der Waals surface area contributed by atoms with Crippen LogP contribution in [-0.4, -0.2) is 41.5 Å². The Bertz CT molecular complexity index is 714. The fraction of sp³-hybridized carbons (Fsp3) is 0.421. The van der Waals surface area contributed by atoms with Crippen molar-refractivity contribution < 1.29 is 18.8 Å².